The highest BCUT2D eigenvalue weighted by atomic mass is 16.5. The number of aromatic nitrogens is 1. The Morgan fingerprint density at radius 3 is 2.30 bits per heavy atom. The molecule has 37 heavy (non-hydrogen) atoms. The van der Waals surface area contributed by atoms with Gasteiger partial charge in [-0.25, -0.2) is 0 Å². The highest BCUT2D eigenvalue weighted by Gasteiger charge is 2.20. The van der Waals surface area contributed by atoms with E-state index < -0.39 is 0 Å². The van der Waals surface area contributed by atoms with E-state index in [4.69, 9.17) is 14.2 Å². The van der Waals surface area contributed by atoms with Crippen molar-refractivity contribution in [1.29, 1.82) is 0 Å². The molecule has 1 aromatic heterocycles. The second-order valence-corrected chi connectivity index (χ2v) is 10.1. The number of allylic oxidation sites excluding steroid dienone is 3. The van der Waals surface area contributed by atoms with Crippen LogP contribution < -0.4 is 19.8 Å². The van der Waals surface area contributed by atoms with Gasteiger partial charge in [0, 0.05) is 18.0 Å². The van der Waals surface area contributed by atoms with Gasteiger partial charge in [0.25, 0.3) is 5.56 Å². The SMILES string of the molecule is CCCCCCOc1c(OC/C=C(\C)CCC=C(C)C)c(=O)n(CCCCCC)c2cc(OC)ccc12. The molecule has 1 aromatic carbocycles. The summed E-state index contributed by atoms with van der Waals surface area (Å²) in [6.07, 6.45) is 15.1. The van der Waals surface area contributed by atoms with Crippen molar-refractivity contribution >= 4 is 10.9 Å². The van der Waals surface area contributed by atoms with E-state index in [2.05, 4.69) is 46.8 Å². The van der Waals surface area contributed by atoms with Gasteiger partial charge < -0.3 is 18.8 Å². The highest BCUT2D eigenvalue weighted by Crippen LogP contribution is 2.35. The molecule has 2 rings (SSSR count). The van der Waals surface area contributed by atoms with Crippen molar-refractivity contribution in [2.45, 2.75) is 105 Å². The van der Waals surface area contributed by atoms with E-state index in [0.29, 0.717) is 31.3 Å². The molecule has 0 bridgehead atoms. The molecule has 0 N–H and O–H groups in total. The van der Waals surface area contributed by atoms with E-state index in [1.165, 1.54) is 24.0 Å². The lowest BCUT2D eigenvalue weighted by molar-refractivity contribution is 0.275. The number of methoxy groups -OCH3 is 1. The van der Waals surface area contributed by atoms with Crippen LogP contribution >= 0.6 is 0 Å². The number of benzene rings is 1. The first kappa shape index (κ1) is 30.5. The summed E-state index contributed by atoms with van der Waals surface area (Å²) in [7, 11) is 1.65. The number of pyridine rings is 1. The Bertz CT molecular complexity index is 1080. The van der Waals surface area contributed by atoms with Gasteiger partial charge in [0.15, 0.2) is 5.75 Å². The molecular formula is C32H49NO4. The quantitative estimate of drug-likeness (QED) is 0.148. The van der Waals surface area contributed by atoms with Crippen molar-refractivity contribution in [3.05, 3.63) is 51.9 Å². The molecule has 0 atom stereocenters. The molecule has 2 aromatic rings. The molecule has 0 aliphatic carbocycles. The van der Waals surface area contributed by atoms with Crippen LogP contribution in [0.3, 0.4) is 0 Å². The summed E-state index contributed by atoms with van der Waals surface area (Å²) in [6, 6.07) is 5.86. The van der Waals surface area contributed by atoms with Crippen LogP contribution in [0.2, 0.25) is 0 Å². The minimum absolute atomic E-state index is 0.128. The van der Waals surface area contributed by atoms with Crippen LogP contribution in [0.1, 0.15) is 98.8 Å². The topological polar surface area (TPSA) is 49.7 Å². The predicted octanol–water partition coefficient (Wildman–Crippen LogP) is 8.62. The highest BCUT2D eigenvalue weighted by molar-refractivity contribution is 5.89. The Morgan fingerprint density at radius 2 is 1.62 bits per heavy atom. The molecule has 0 amide bonds. The molecule has 0 aliphatic rings. The van der Waals surface area contributed by atoms with Gasteiger partial charge in [-0.3, -0.25) is 4.79 Å². The first-order valence-corrected chi connectivity index (χ1v) is 14.2. The average molecular weight is 512 g/mol. The number of ether oxygens (including phenoxy) is 3. The van der Waals surface area contributed by atoms with Gasteiger partial charge in [-0.1, -0.05) is 69.6 Å². The second kappa shape index (κ2) is 16.9. The smallest absolute Gasteiger partial charge is 0.297 e. The predicted molar refractivity (Wildman–Crippen MR) is 156 cm³/mol. The molecule has 1 heterocycles. The molecule has 206 valence electrons. The Labute approximate surface area is 224 Å². The van der Waals surface area contributed by atoms with Crippen molar-refractivity contribution < 1.29 is 14.2 Å². The molecule has 0 saturated carbocycles. The molecule has 0 fully saturated rings. The van der Waals surface area contributed by atoms with Crippen molar-refractivity contribution in [2.75, 3.05) is 20.3 Å². The maximum atomic E-state index is 13.8. The number of unbranched alkanes of at least 4 members (excludes halogenated alkanes) is 6. The van der Waals surface area contributed by atoms with E-state index in [-0.39, 0.29) is 5.56 Å². The summed E-state index contributed by atoms with van der Waals surface area (Å²) in [5.74, 6) is 1.60. The summed E-state index contributed by atoms with van der Waals surface area (Å²) in [5.41, 5.74) is 3.30. The van der Waals surface area contributed by atoms with E-state index >= 15 is 0 Å². The molecule has 0 radical (unpaired) electrons. The van der Waals surface area contributed by atoms with Crippen molar-refractivity contribution in [1.82, 2.24) is 4.57 Å². The van der Waals surface area contributed by atoms with Crippen molar-refractivity contribution in [2.24, 2.45) is 0 Å². The molecule has 5 heteroatoms. The minimum atomic E-state index is -0.128. The summed E-state index contributed by atoms with van der Waals surface area (Å²) in [5, 5.41) is 0.894. The van der Waals surface area contributed by atoms with E-state index in [1.807, 2.05) is 22.8 Å². The molecule has 0 aliphatic heterocycles. The number of rotatable bonds is 18. The van der Waals surface area contributed by atoms with E-state index in [9.17, 15) is 4.79 Å². The third-order valence-corrected chi connectivity index (χ3v) is 6.62. The molecule has 5 nitrogen and oxygen atoms in total. The number of nitrogens with zero attached hydrogens (tertiary/aromatic N) is 1. The van der Waals surface area contributed by atoms with Crippen LogP contribution in [0.15, 0.2) is 46.3 Å². The van der Waals surface area contributed by atoms with Crippen molar-refractivity contribution in [3.63, 3.8) is 0 Å². The maximum absolute atomic E-state index is 13.8. The van der Waals surface area contributed by atoms with Crippen LogP contribution in [0, 0.1) is 0 Å². The zero-order valence-corrected chi connectivity index (χ0v) is 24.2. The zero-order chi connectivity index (χ0) is 27.0. The van der Waals surface area contributed by atoms with Gasteiger partial charge in [-0.2, -0.15) is 0 Å². The fraction of sp³-hybridized carbons (Fsp3) is 0.594. The number of fused-ring (bicyclic) bond motifs is 1. The van der Waals surface area contributed by atoms with Crippen LogP contribution in [0.5, 0.6) is 17.2 Å². The Balaban J connectivity index is 2.43. The Kier molecular flexibility index (Phi) is 14.0. The first-order valence-electron chi connectivity index (χ1n) is 14.2. The van der Waals surface area contributed by atoms with Gasteiger partial charge in [0.2, 0.25) is 5.75 Å². The lowest BCUT2D eigenvalue weighted by atomic mass is 10.1. The van der Waals surface area contributed by atoms with Gasteiger partial charge in [-0.15, -0.1) is 0 Å². The second-order valence-electron chi connectivity index (χ2n) is 10.1. The Morgan fingerprint density at radius 1 is 0.892 bits per heavy atom. The van der Waals surface area contributed by atoms with Gasteiger partial charge in [0.05, 0.1) is 19.2 Å². The first-order chi connectivity index (χ1) is 17.9. The lowest BCUT2D eigenvalue weighted by Gasteiger charge is -2.19. The lowest BCUT2D eigenvalue weighted by Crippen LogP contribution is -2.24. The van der Waals surface area contributed by atoms with Crippen LogP contribution in [-0.2, 0) is 6.54 Å². The summed E-state index contributed by atoms with van der Waals surface area (Å²) in [4.78, 5) is 13.8. The van der Waals surface area contributed by atoms with E-state index in [1.54, 1.807) is 7.11 Å². The molecule has 0 saturated heterocycles. The minimum Gasteiger partial charge on any atom is -0.497 e. The molecular weight excluding hydrogens is 462 g/mol. The monoisotopic (exact) mass is 511 g/mol. The molecule has 0 spiro atoms. The van der Waals surface area contributed by atoms with E-state index in [0.717, 1.165) is 68.0 Å². The largest absolute Gasteiger partial charge is 0.497 e. The third kappa shape index (κ3) is 9.94. The molecule has 0 unspecified atom stereocenters. The summed E-state index contributed by atoms with van der Waals surface area (Å²) < 4.78 is 19.8. The van der Waals surface area contributed by atoms with Crippen LogP contribution in [-0.4, -0.2) is 24.9 Å². The zero-order valence-electron chi connectivity index (χ0n) is 24.2. The van der Waals surface area contributed by atoms with Gasteiger partial charge in [-0.05, 0) is 64.7 Å². The average Bonchev–Trinajstić information content (AvgIpc) is 2.88. The van der Waals surface area contributed by atoms with Gasteiger partial charge >= 0.3 is 0 Å². The Hall–Kier alpha value is -2.69. The summed E-state index contributed by atoms with van der Waals surface area (Å²) in [6.45, 7) is 12.3. The fourth-order valence-electron chi connectivity index (χ4n) is 4.36. The van der Waals surface area contributed by atoms with Gasteiger partial charge in [0.1, 0.15) is 12.4 Å². The fourth-order valence-corrected chi connectivity index (χ4v) is 4.36. The van der Waals surface area contributed by atoms with Crippen molar-refractivity contribution in [3.8, 4) is 17.2 Å². The maximum Gasteiger partial charge on any atom is 0.297 e. The number of hydrogen-bond acceptors (Lipinski definition) is 4. The van der Waals surface area contributed by atoms with Crippen LogP contribution in [0.25, 0.3) is 10.9 Å². The normalized spacial score (nSPS) is 11.6. The van der Waals surface area contributed by atoms with Crippen LogP contribution in [0.4, 0.5) is 0 Å². The number of hydrogen-bond donors (Lipinski definition) is 0. The number of aryl methyl sites for hydroxylation is 1. The standard InChI is InChI=1S/C32H49NO4/c1-7-9-11-13-21-33-29-24-27(35-6)18-19-28(29)30(36-22-14-12-10-8-2)31(32(33)34)37-23-20-26(5)17-15-16-25(3)4/h16,18-20,24H,7-15,17,21-23H2,1-6H3/b26-20+. The third-order valence-electron chi connectivity index (χ3n) is 6.62. The summed E-state index contributed by atoms with van der Waals surface area (Å²) >= 11 is 0.